The number of piperidine rings is 1. The standard InChI is InChI=1S/C23H26F3N5O3S2/c24-16-3-5-29(11-19(16)27)23-28-20-8-17(25)18(26)9-21(20)31(23)12-22(32)30(10-15-2-1-6-35-15)14-4-7-36(33,34)13-14/h1-2,6,8-9,14,16,19H,3-5,7,10-13,27H2/t14?,16-,19-/m1/s1. The van der Waals surface area contributed by atoms with Crippen LogP contribution in [0, 0.1) is 11.6 Å². The number of benzene rings is 1. The van der Waals surface area contributed by atoms with Gasteiger partial charge in [0.05, 0.1) is 35.1 Å². The van der Waals surface area contributed by atoms with Crippen LogP contribution in [0.4, 0.5) is 19.1 Å². The van der Waals surface area contributed by atoms with E-state index >= 15 is 0 Å². The van der Waals surface area contributed by atoms with Gasteiger partial charge >= 0.3 is 0 Å². The van der Waals surface area contributed by atoms with Crippen LogP contribution >= 0.6 is 11.3 Å². The van der Waals surface area contributed by atoms with Gasteiger partial charge in [-0.15, -0.1) is 11.3 Å². The first-order valence-electron chi connectivity index (χ1n) is 11.6. The summed E-state index contributed by atoms with van der Waals surface area (Å²) in [7, 11) is -3.26. The van der Waals surface area contributed by atoms with Gasteiger partial charge in [-0.3, -0.25) is 4.79 Å². The van der Waals surface area contributed by atoms with E-state index in [1.54, 1.807) is 9.80 Å². The molecule has 0 spiro atoms. The highest BCUT2D eigenvalue weighted by Crippen LogP contribution is 2.29. The second-order valence-electron chi connectivity index (χ2n) is 9.33. The maximum Gasteiger partial charge on any atom is 0.243 e. The van der Waals surface area contributed by atoms with Gasteiger partial charge in [0.15, 0.2) is 21.5 Å². The van der Waals surface area contributed by atoms with Gasteiger partial charge in [0, 0.05) is 36.1 Å². The summed E-state index contributed by atoms with van der Waals surface area (Å²) in [6.45, 7) is 0.365. The van der Waals surface area contributed by atoms with Gasteiger partial charge in [-0.1, -0.05) is 6.07 Å². The third-order valence-corrected chi connectivity index (χ3v) is 9.40. The Bertz CT molecular complexity index is 1380. The smallest absolute Gasteiger partial charge is 0.243 e. The van der Waals surface area contributed by atoms with E-state index < -0.39 is 39.7 Å². The van der Waals surface area contributed by atoms with E-state index in [4.69, 9.17) is 5.73 Å². The molecule has 2 aliphatic rings. The Kier molecular flexibility index (Phi) is 6.72. The van der Waals surface area contributed by atoms with Crippen molar-refractivity contribution in [3.63, 3.8) is 0 Å². The molecule has 2 aromatic heterocycles. The lowest BCUT2D eigenvalue weighted by molar-refractivity contribution is -0.134. The molecular formula is C23H26F3N5O3S2. The Morgan fingerprint density at radius 3 is 2.69 bits per heavy atom. The Morgan fingerprint density at radius 1 is 1.25 bits per heavy atom. The topological polar surface area (TPSA) is 102 Å². The van der Waals surface area contributed by atoms with Gasteiger partial charge in [-0.25, -0.2) is 26.6 Å². The number of imidazole rings is 1. The molecule has 194 valence electrons. The zero-order chi connectivity index (χ0) is 25.6. The van der Waals surface area contributed by atoms with Gasteiger partial charge in [0.1, 0.15) is 12.7 Å². The molecule has 4 heterocycles. The molecule has 0 aliphatic carbocycles. The number of carbonyl (C=O) groups excluding carboxylic acids is 1. The third-order valence-electron chi connectivity index (χ3n) is 6.79. The lowest BCUT2D eigenvalue weighted by Gasteiger charge is -2.34. The fourth-order valence-corrected chi connectivity index (χ4v) is 7.31. The first kappa shape index (κ1) is 25.0. The van der Waals surface area contributed by atoms with Crippen LogP contribution in [0.25, 0.3) is 11.0 Å². The number of carbonyl (C=O) groups is 1. The predicted molar refractivity (Wildman–Crippen MR) is 131 cm³/mol. The summed E-state index contributed by atoms with van der Waals surface area (Å²) < 4.78 is 68.0. The number of sulfone groups is 1. The molecule has 5 rings (SSSR count). The summed E-state index contributed by atoms with van der Waals surface area (Å²) >= 11 is 1.46. The van der Waals surface area contributed by atoms with Crippen molar-refractivity contribution < 1.29 is 26.4 Å². The number of fused-ring (bicyclic) bond motifs is 1. The number of halogens is 3. The van der Waals surface area contributed by atoms with Crippen LogP contribution in [0.3, 0.4) is 0 Å². The normalized spacial score (nSPS) is 23.9. The first-order valence-corrected chi connectivity index (χ1v) is 14.3. The molecule has 2 fully saturated rings. The summed E-state index contributed by atoms with van der Waals surface area (Å²) in [4.78, 5) is 22.3. The van der Waals surface area contributed by atoms with Crippen LogP contribution in [0.1, 0.15) is 17.7 Å². The van der Waals surface area contributed by atoms with Gasteiger partial charge < -0.3 is 20.1 Å². The highest BCUT2D eigenvalue weighted by atomic mass is 32.2. The van der Waals surface area contributed by atoms with Crippen molar-refractivity contribution in [3.8, 4) is 0 Å². The number of amides is 1. The molecule has 8 nitrogen and oxygen atoms in total. The molecule has 0 radical (unpaired) electrons. The van der Waals surface area contributed by atoms with Crippen LogP contribution in [0.15, 0.2) is 29.6 Å². The van der Waals surface area contributed by atoms with Crippen LogP contribution in [0.2, 0.25) is 0 Å². The van der Waals surface area contributed by atoms with Gasteiger partial charge in [0.2, 0.25) is 11.9 Å². The number of aromatic nitrogens is 2. The Morgan fingerprint density at radius 2 is 2.03 bits per heavy atom. The maximum absolute atomic E-state index is 14.2. The monoisotopic (exact) mass is 541 g/mol. The number of rotatable bonds is 6. The number of thiophene rings is 1. The van der Waals surface area contributed by atoms with Crippen molar-refractivity contribution in [3.05, 3.63) is 46.2 Å². The molecule has 1 amide bonds. The number of hydrogen-bond donors (Lipinski definition) is 1. The summed E-state index contributed by atoms with van der Waals surface area (Å²) in [6, 6.07) is 4.41. The fourth-order valence-electron chi connectivity index (χ4n) is 4.88. The van der Waals surface area contributed by atoms with Crippen LogP contribution in [-0.2, 0) is 27.7 Å². The van der Waals surface area contributed by atoms with Gasteiger partial charge in [0.25, 0.3) is 0 Å². The SMILES string of the molecule is N[C@@H]1CN(c2nc3cc(F)c(F)cc3n2CC(=O)N(Cc2cccs2)C2CCS(=O)(=O)C2)CC[C@H]1F. The predicted octanol–water partition coefficient (Wildman–Crippen LogP) is 2.47. The number of nitrogens with zero attached hydrogens (tertiary/aromatic N) is 4. The van der Waals surface area contributed by atoms with E-state index in [0.717, 1.165) is 17.0 Å². The Hall–Kier alpha value is -2.64. The van der Waals surface area contributed by atoms with Crippen LogP contribution in [0.5, 0.6) is 0 Å². The fraction of sp³-hybridized carbons (Fsp3) is 0.478. The van der Waals surface area contributed by atoms with Crippen molar-refractivity contribution in [2.75, 3.05) is 29.5 Å². The van der Waals surface area contributed by atoms with Crippen molar-refractivity contribution in [1.82, 2.24) is 14.5 Å². The maximum atomic E-state index is 14.2. The summed E-state index contributed by atoms with van der Waals surface area (Å²) in [5.74, 6) is -2.38. The van der Waals surface area contributed by atoms with E-state index in [0.29, 0.717) is 6.42 Å². The summed E-state index contributed by atoms with van der Waals surface area (Å²) in [6.07, 6.45) is -0.692. The molecule has 0 bridgehead atoms. The molecule has 2 N–H and O–H groups in total. The zero-order valence-corrected chi connectivity index (χ0v) is 20.9. The third kappa shape index (κ3) is 4.96. The summed E-state index contributed by atoms with van der Waals surface area (Å²) in [5, 5.41) is 1.87. The average Bonchev–Trinajstić information content (AvgIpc) is 3.54. The second kappa shape index (κ2) is 9.67. The van der Waals surface area contributed by atoms with E-state index in [1.165, 1.54) is 15.9 Å². The van der Waals surface area contributed by atoms with Crippen molar-refractivity contribution in [2.24, 2.45) is 5.73 Å². The quantitative estimate of drug-likeness (QED) is 0.515. The Labute approximate surface area is 210 Å². The molecular weight excluding hydrogens is 515 g/mol. The molecule has 3 aromatic rings. The molecule has 2 aliphatic heterocycles. The molecule has 1 unspecified atom stereocenters. The molecule has 13 heteroatoms. The van der Waals surface area contributed by atoms with Crippen LogP contribution < -0.4 is 10.6 Å². The molecule has 2 saturated heterocycles. The van der Waals surface area contributed by atoms with E-state index in [2.05, 4.69) is 4.98 Å². The summed E-state index contributed by atoms with van der Waals surface area (Å²) in [5.41, 5.74) is 6.29. The number of hydrogen-bond acceptors (Lipinski definition) is 7. The molecule has 3 atom stereocenters. The average molecular weight is 542 g/mol. The van der Waals surface area contributed by atoms with E-state index in [-0.39, 0.29) is 67.0 Å². The van der Waals surface area contributed by atoms with Crippen LogP contribution in [-0.4, -0.2) is 71.6 Å². The lowest BCUT2D eigenvalue weighted by atomic mass is 10.1. The second-order valence-corrected chi connectivity index (χ2v) is 12.6. The minimum Gasteiger partial charge on any atom is -0.340 e. The highest BCUT2D eigenvalue weighted by molar-refractivity contribution is 7.91. The minimum absolute atomic E-state index is 0.00565. The van der Waals surface area contributed by atoms with E-state index in [1.807, 2.05) is 17.5 Å². The van der Waals surface area contributed by atoms with E-state index in [9.17, 15) is 26.4 Å². The largest absolute Gasteiger partial charge is 0.340 e. The first-order chi connectivity index (χ1) is 17.1. The van der Waals surface area contributed by atoms with Crippen molar-refractivity contribution >= 4 is 44.1 Å². The van der Waals surface area contributed by atoms with Crippen molar-refractivity contribution in [2.45, 2.75) is 44.2 Å². The molecule has 0 saturated carbocycles. The highest BCUT2D eigenvalue weighted by Gasteiger charge is 2.36. The number of anilines is 1. The zero-order valence-electron chi connectivity index (χ0n) is 19.3. The lowest BCUT2D eigenvalue weighted by Crippen LogP contribution is -2.50. The molecule has 36 heavy (non-hydrogen) atoms. The van der Waals surface area contributed by atoms with Gasteiger partial charge in [-0.2, -0.15) is 0 Å². The Balaban J connectivity index is 1.52. The number of alkyl halides is 1. The van der Waals surface area contributed by atoms with Gasteiger partial charge in [-0.05, 0) is 24.3 Å². The molecule has 1 aromatic carbocycles. The number of nitrogens with two attached hydrogens (primary N) is 1. The minimum atomic E-state index is -3.26. The van der Waals surface area contributed by atoms with Crippen molar-refractivity contribution in [1.29, 1.82) is 0 Å².